The number of aromatic nitrogens is 1. The molecule has 2 aromatic rings. The van der Waals surface area contributed by atoms with Crippen LogP contribution < -0.4 is 10.6 Å². The highest BCUT2D eigenvalue weighted by Crippen LogP contribution is 2.28. The lowest BCUT2D eigenvalue weighted by molar-refractivity contribution is -0.133. The van der Waals surface area contributed by atoms with E-state index in [-0.39, 0.29) is 0 Å². The summed E-state index contributed by atoms with van der Waals surface area (Å²) in [5.74, 6) is -1.55. The van der Waals surface area contributed by atoms with Gasteiger partial charge in [-0.05, 0) is 36.8 Å². The van der Waals surface area contributed by atoms with Crippen molar-refractivity contribution in [2.75, 3.05) is 11.9 Å². The van der Waals surface area contributed by atoms with E-state index in [0.29, 0.717) is 11.3 Å². The Morgan fingerprint density at radius 3 is 2.64 bits per heavy atom. The van der Waals surface area contributed by atoms with Crippen LogP contribution in [0.2, 0.25) is 0 Å². The minimum Gasteiger partial charge on any atom is -0.323 e. The van der Waals surface area contributed by atoms with Gasteiger partial charge in [0.25, 0.3) is 5.91 Å². The van der Waals surface area contributed by atoms with Gasteiger partial charge < -0.3 is 10.6 Å². The second kappa shape index (κ2) is 6.31. The number of rotatable bonds is 4. The summed E-state index contributed by atoms with van der Waals surface area (Å²) in [5, 5.41) is 5.12. The molecule has 1 aliphatic heterocycles. The predicted molar refractivity (Wildman–Crippen MR) is 86.9 cm³/mol. The number of hydrogen-bond donors (Lipinski definition) is 2. The number of anilines is 1. The number of hydrogen-bond acceptors (Lipinski definition) is 4. The Balaban J connectivity index is 1.75. The van der Waals surface area contributed by atoms with E-state index in [1.54, 1.807) is 18.3 Å². The van der Waals surface area contributed by atoms with Gasteiger partial charge in [-0.15, -0.1) is 0 Å². The number of pyridine rings is 1. The van der Waals surface area contributed by atoms with Gasteiger partial charge in [0, 0.05) is 6.20 Å². The van der Waals surface area contributed by atoms with E-state index >= 15 is 0 Å². The molecule has 128 valence electrons. The number of amides is 4. The lowest BCUT2D eigenvalue weighted by Crippen LogP contribution is -2.42. The molecule has 1 atom stereocenters. The molecule has 0 spiro atoms. The monoisotopic (exact) mass is 342 g/mol. The van der Waals surface area contributed by atoms with Crippen LogP contribution in [0, 0.1) is 5.82 Å². The molecule has 1 saturated heterocycles. The largest absolute Gasteiger partial charge is 0.325 e. The van der Waals surface area contributed by atoms with Gasteiger partial charge in [-0.1, -0.05) is 12.1 Å². The number of nitrogens with zero attached hydrogens (tertiary/aromatic N) is 2. The molecule has 1 unspecified atom stereocenters. The first-order valence-electron chi connectivity index (χ1n) is 7.50. The maximum absolute atomic E-state index is 13.1. The third kappa shape index (κ3) is 3.18. The molecule has 3 rings (SSSR count). The van der Waals surface area contributed by atoms with E-state index in [0.717, 1.165) is 4.90 Å². The summed E-state index contributed by atoms with van der Waals surface area (Å²) in [6.45, 7) is 1.08. The van der Waals surface area contributed by atoms with Crippen molar-refractivity contribution in [1.82, 2.24) is 15.2 Å². The Kier molecular flexibility index (Phi) is 4.18. The smallest absolute Gasteiger partial charge is 0.323 e. The van der Waals surface area contributed by atoms with E-state index in [9.17, 15) is 18.8 Å². The summed E-state index contributed by atoms with van der Waals surface area (Å²) in [6.07, 6.45) is 3.01. The van der Waals surface area contributed by atoms with Crippen LogP contribution in [0.25, 0.3) is 0 Å². The molecule has 0 bridgehead atoms. The molecular weight excluding hydrogens is 327 g/mol. The fourth-order valence-corrected chi connectivity index (χ4v) is 2.60. The number of nitrogens with one attached hydrogen (secondary N) is 2. The SMILES string of the molecule is CC1(c2ccc(F)cc2)NC(=O)N(CC(=O)Nc2cccnc2)C1=O. The Morgan fingerprint density at radius 2 is 2.00 bits per heavy atom. The summed E-state index contributed by atoms with van der Waals surface area (Å²) in [5.41, 5.74) is -0.456. The molecule has 0 saturated carbocycles. The number of carbonyl (C=O) groups excluding carboxylic acids is 3. The van der Waals surface area contributed by atoms with Gasteiger partial charge in [-0.3, -0.25) is 19.5 Å². The van der Waals surface area contributed by atoms with E-state index in [1.165, 1.54) is 37.4 Å². The van der Waals surface area contributed by atoms with Crippen LogP contribution in [0.5, 0.6) is 0 Å². The molecule has 0 aliphatic carbocycles. The topological polar surface area (TPSA) is 91.4 Å². The summed E-state index contributed by atoms with van der Waals surface area (Å²) in [6, 6.07) is 7.86. The second-order valence-corrected chi connectivity index (χ2v) is 5.74. The number of benzene rings is 1. The predicted octanol–water partition coefficient (Wildman–Crippen LogP) is 1.63. The highest BCUT2D eigenvalue weighted by atomic mass is 19.1. The highest BCUT2D eigenvalue weighted by molar-refractivity contribution is 6.10. The van der Waals surface area contributed by atoms with Crippen molar-refractivity contribution in [2.45, 2.75) is 12.5 Å². The van der Waals surface area contributed by atoms with Crippen molar-refractivity contribution in [3.05, 3.63) is 60.2 Å². The first-order valence-corrected chi connectivity index (χ1v) is 7.50. The van der Waals surface area contributed by atoms with Gasteiger partial charge in [0.1, 0.15) is 17.9 Å². The van der Waals surface area contributed by atoms with E-state index in [2.05, 4.69) is 15.6 Å². The summed E-state index contributed by atoms with van der Waals surface area (Å²) < 4.78 is 13.1. The van der Waals surface area contributed by atoms with Gasteiger partial charge in [-0.25, -0.2) is 9.18 Å². The van der Waals surface area contributed by atoms with Crippen LogP contribution in [0.3, 0.4) is 0 Å². The number of halogens is 1. The van der Waals surface area contributed by atoms with Crippen LogP contribution in [0.1, 0.15) is 12.5 Å². The van der Waals surface area contributed by atoms with Crippen molar-refractivity contribution in [3.63, 3.8) is 0 Å². The van der Waals surface area contributed by atoms with E-state index < -0.39 is 35.7 Å². The Hall–Kier alpha value is -3.29. The standard InChI is InChI=1S/C17H15FN4O3/c1-17(11-4-6-12(18)7-5-11)15(24)22(16(25)21-17)10-14(23)20-13-3-2-8-19-9-13/h2-9H,10H2,1H3,(H,20,23)(H,21,25). The molecule has 1 aromatic heterocycles. The molecule has 7 nitrogen and oxygen atoms in total. The van der Waals surface area contributed by atoms with Gasteiger partial charge in [0.15, 0.2) is 0 Å². The number of carbonyl (C=O) groups is 3. The van der Waals surface area contributed by atoms with Crippen molar-refractivity contribution in [3.8, 4) is 0 Å². The molecule has 1 aromatic carbocycles. The molecule has 4 amide bonds. The van der Waals surface area contributed by atoms with Crippen molar-refractivity contribution >= 4 is 23.5 Å². The summed E-state index contributed by atoms with van der Waals surface area (Å²) >= 11 is 0. The zero-order chi connectivity index (χ0) is 18.0. The van der Waals surface area contributed by atoms with Crippen LogP contribution in [0.15, 0.2) is 48.8 Å². The van der Waals surface area contributed by atoms with Crippen LogP contribution in [-0.2, 0) is 15.1 Å². The Bertz CT molecular complexity index is 826. The van der Waals surface area contributed by atoms with E-state index in [4.69, 9.17) is 0 Å². The van der Waals surface area contributed by atoms with Crippen LogP contribution in [0.4, 0.5) is 14.9 Å². The maximum atomic E-state index is 13.1. The summed E-state index contributed by atoms with van der Waals surface area (Å²) in [4.78, 5) is 41.6. The third-order valence-corrected chi connectivity index (χ3v) is 3.94. The van der Waals surface area contributed by atoms with Crippen molar-refractivity contribution in [2.24, 2.45) is 0 Å². The maximum Gasteiger partial charge on any atom is 0.325 e. The fourth-order valence-electron chi connectivity index (χ4n) is 2.60. The minimum absolute atomic E-state index is 0.433. The average Bonchev–Trinajstić information content (AvgIpc) is 2.80. The van der Waals surface area contributed by atoms with Crippen LogP contribution >= 0.6 is 0 Å². The second-order valence-electron chi connectivity index (χ2n) is 5.74. The van der Waals surface area contributed by atoms with Crippen molar-refractivity contribution < 1.29 is 18.8 Å². The van der Waals surface area contributed by atoms with Gasteiger partial charge in [0.2, 0.25) is 5.91 Å². The molecule has 2 N–H and O–H groups in total. The first kappa shape index (κ1) is 16.6. The quantitative estimate of drug-likeness (QED) is 0.826. The zero-order valence-electron chi connectivity index (χ0n) is 13.3. The third-order valence-electron chi connectivity index (χ3n) is 3.94. The normalized spacial score (nSPS) is 19.7. The van der Waals surface area contributed by atoms with Crippen LogP contribution in [-0.4, -0.2) is 34.3 Å². The highest BCUT2D eigenvalue weighted by Gasteiger charge is 2.49. The first-order chi connectivity index (χ1) is 11.9. The van der Waals surface area contributed by atoms with E-state index in [1.807, 2.05) is 0 Å². The van der Waals surface area contributed by atoms with Crippen molar-refractivity contribution in [1.29, 1.82) is 0 Å². The van der Waals surface area contributed by atoms with Gasteiger partial charge in [-0.2, -0.15) is 0 Å². The molecule has 25 heavy (non-hydrogen) atoms. The molecule has 1 aliphatic rings. The number of imide groups is 1. The average molecular weight is 342 g/mol. The molecule has 1 fully saturated rings. The fraction of sp³-hybridized carbons (Fsp3) is 0.176. The zero-order valence-corrected chi connectivity index (χ0v) is 13.3. The lowest BCUT2D eigenvalue weighted by atomic mass is 9.92. The molecular formula is C17H15FN4O3. The Labute approximate surface area is 142 Å². The number of urea groups is 1. The lowest BCUT2D eigenvalue weighted by Gasteiger charge is -2.22. The van der Waals surface area contributed by atoms with Gasteiger partial charge >= 0.3 is 6.03 Å². The molecule has 8 heteroatoms. The molecule has 0 radical (unpaired) electrons. The summed E-state index contributed by atoms with van der Waals surface area (Å²) in [7, 11) is 0. The van der Waals surface area contributed by atoms with Gasteiger partial charge in [0.05, 0.1) is 11.9 Å². The molecule has 2 heterocycles. The Morgan fingerprint density at radius 1 is 1.28 bits per heavy atom. The minimum atomic E-state index is -1.35.